The van der Waals surface area contributed by atoms with Gasteiger partial charge in [-0.2, -0.15) is 8.78 Å². The van der Waals surface area contributed by atoms with Crippen molar-refractivity contribution in [3.63, 3.8) is 0 Å². The van der Waals surface area contributed by atoms with Crippen molar-refractivity contribution >= 4 is 24.2 Å². The summed E-state index contributed by atoms with van der Waals surface area (Å²) in [6.07, 6.45) is -3.43. The molecule has 0 aliphatic rings. The van der Waals surface area contributed by atoms with Crippen LogP contribution in [0.4, 0.5) is 8.78 Å². The van der Waals surface area contributed by atoms with Crippen LogP contribution in [-0.2, 0) is 4.43 Å². The van der Waals surface area contributed by atoms with Crippen molar-refractivity contribution in [3.8, 4) is 11.5 Å². The summed E-state index contributed by atoms with van der Waals surface area (Å²) in [4.78, 5) is 0. The quantitative estimate of drug-likeness (QED) is 0.405. The molecular weight excluding hydrogens is 410 g/mol. The minimum atomic E-state index is -3.43. The molecule has 0 fully saturated rings. The lowest BCUT2D eigenvalue weighted by Gasteiger charge is -2.42. The van der Waals surface area contributed by atoms with Crippen LogP contribution in [0.3, 0.4) is 0 Å². The van der Waals surface area contributed by atoms with Crippen LogP contribution in [0.5, 0.6) is 11.5 Å². The first kappa shape index (κ1) is 22.4. The number of methoxy groups -OCH3 is 1. The van der Waals surface area contributed by atoms with E-state index >= 15 is 0 Å². The van der Waals surface area contributed by atoms with Crippen molar-refractivity contribution in [1.29, 1.82) is 0 Å². The van der Waals surface area contributed by atoms with E-state index in [0.29, 0.717) is 0 Å². The van der Waals surface area contributed by atoms with E-state index in [1.807, 2.05) is 0 Å². The predicted octanol–water partition coefficient (Wildman–Crippen LogP) is 6.62. The highest BCUT2D eigenvalue weighted by atomic mass is 79.9. The Hall–Kier alpha value is -0.663. The maximum atomic E-state index is 14.5. The Bertz CT molecular complexity index is 543. The molecule has 0 heterocycles. The Kier molecular flexibility index (Phi) is 7.89. The van der Waals surface area contributed by atoms with Crippen LogP contribution >= 0.6 is 15.9 Å². The fourth-order valence-electron chi connectivity index (χ4n) is 3.63. The summed E-state index contributed by atoms with van der Waals surface area (Å²) in [6.45, 7) is 11.6. The van der Waals surface area contributed by atoms with Crippen molar-refractivity contribution in [3.05, 3.63) is 22.7 Å². The van der Waals surface area contributed by atoms with Crippen molar-refractivity contribution in [2.24, 2.45) is 0 Å². The second kappa shape index (κ2) is 8.82. The van der Waals surface area contributed by atoms with E-state index in [1.54, 1.807) is 12.1 Å². The van der Waals surface area contributed by atoms with Gasteiger partial charge in [0.05, 0.1) is 7.11 Å². The zero-order valence-electron chi connectivity index (χ0n) is 16.0. The van der Waals surface area contributed by atoms with Gasteiger partial charge in [-0.05, 0) is 34.8 Å². The van der Waals surface area contributed by atoms with E-state index in [-0.39, 0.29) is 28.1 Å². The number of benzene rings is 1. The third-order valence-electron chi connectivity index (χ3n) is 4.58. The van der Waals surface area contributed by atoms with Gasteiger partial charge in [0.2, 0.25) is 8.32 Å². The van der Waals surface area contributed by atoms with E-state index in [4.69, 9.17) is 13.9 Å². The summed E-state index contributed by atoms with van der Waals surface area (Å²) in [6, 6.07) is 4.67. The Balaban J connectivity index is 2.97. The molecule has 0 saturated heterocycles. The average Bonchev–Trinajstić information content (AvgIpc) is 2.48. The molecule has 0 radical (unpaired) electrons. The number of rotatable bonds is 9. The molecular formula is C18H29BrF2O3Si. The van der Waals surface area contributed by atoms with Crippen molar-refractivity contribution in [2.45, 2.75) is 64.3 Å². The van der Waals surface area contributed by atoms with E-state index in [0.717, 1.165) is 4.47 Å². The Labute approximate surface area is 159 Å². The van der Waals surface area contributed by atoms with Crippen LogP contribution in [0.2, 0.25) is 16.6 Å². The largest absolute Gasteiger partial charge is 0.493 e. The molecule has 7 heteroatoms. The van der Waals surface area contributed by atoms with Gasteiger partial charge in [0.25, 0.3) is 0 Å². The number of hydrogen-bond acceptors (Lipinski definition) is 3. The fraction of sp³-hybridized carbons (Fsp3) is 0.667. The first-order valence-corrected chi connectivity index (χ1v) is 11.4. The molecule has 3 nitrogen and oxygen atoms in total. The van der Waals surface area contributed by atoms with Crippen molar-refractivity contribution in [1.82, 2.24) is 0 Å². The lowest BCUT2D eigenvalue weighted by Crippen LogP contribution is -2.50. The van der Waals surface area contributed by atoms with Crippen LogP contribution in [0.25, 0.3) is 0 Å². The van der Waals surface area contributed by atoms with Crippen molar-refractivity contribution < 1.29 is 22.7 Å². The summed E-state index contributed by atoms with van der Waals surface area (Å²) in [5.41, 5.74) is 0.682. The predicted molar refractivity (Wildman–Crippen MR) is 103 cm³/mol. The number of halogens is 3. The molecule has 0 aromatic heterocycles. The molecule has 25 heavy (non-hydrogen) atoms. The molecule has 0 aliphatic carbocycles. The summed E-state index contributed by atoms with van der Waals surface area (Å²) >= 11 is 3.28. The molecule has 1 aromatic rings. The Morgan fingerprint density at radius 2 is 1.52 bits per heavy atom. The van der Waals surface area contributed by atoms with E-state index < -0.39 is 21.0 Å². The van der Waals surface area contributed by atoms with Gasteiger partial charge in [-0.1, -0.05) is 57.5 Å². The standard InChI is InChI=1S/C18H29BrF2O3Si/c1-12(2)25(13(3)4,14(5)6)23-11-18(20,21)24-16-9-8-15(19)10-17(16)22-7/h8-10,12-14H,11H2,1-7H3. The SMILES string of the molecule is COc1cc(Br)ccc1OC(F)(F)CO[Si](C(C)C)(C(C)C)C(C)C. The summed E-state index contributed by atoms with van der Waals surface area (Å²) < 4.78 is 45.6. The van der Waals surface area contributed by atoms with Crippen LogP contribution in [-0.4, -0.2) is 28.1 Å². The van der Waals surface area contributed by atoms with Crippen LogP contribution in [0.15, 0.2) is 22.7 Å². The minimum Gasteiger partial charge on any atom is -0.493 e. The minimum absolute atomic E-state index is 0.00907. The summed E-state index contributed by atoms with van der Waals surface area (Å²) in [5, 5.41) is 0. The third kappa shape index (κ3) is 5.40. The first-order chi connectivity index (χ1) is 11.5. The van der Waals surface area contributed by atoms with E-state index in [2.05, 4.69) is 57.5 Å². The summed E-state index contributed by atoms with van der Waals surface area (Å²) in [7, 11) is -0.970. The van der Waals surface area contributed by atoms with Crippen LogP contribution < -0.4 is 9.47 Å². The van der Waals surface area contributed by atoms with Gasteiger partial charge in [-0.25, -0.2) is 0 Å². The molecule has 0 amide bonds. The molecule has 0 aliphatic heterocycles. The maximum Gasteiger partial charge on any atom is 0.420 e. The number of ether oxygens (including phenoxy) is 2. The van der Waals surface area contributed by atoms with E-state index in [1.165, 1.54) is 13.2 Å². The lowest BCUT2D eigenvalue weighted by atomic mass is 10.3. The molecule has 1 aromatic carbocycles. The summed E-state index contributed by atoms with van der Waals surface area (Å²) in [5.74, 6) is 0.236. The highest BCUT2D eigenvalue weighted by Gasteiger charge is 2.48. The Morgan fingerprint density at radius 1 is 1.00 bits per heavy atom. The van der Waals surface area contributed by atoms with Gasteiger partial charge < -0.3 is 13.9 Å². The zero-order chi connectivity index (χ0) is 19.4. The molecule has 0 spiro atoms. The maximum absolute atomic E-state index is 14.5. The molecule has 0 atom stereocenters. The fourth-order valence-corrected chi connectivity index (χ4v) is 9.38. The highest BCUT2D eigenvalue weighted by Crippen LogP contribution is 2.43. The highest BCUT2D eigenvalue weighted by molar-refractivity contribution is 9.10. The zero-order valence-corrected chi connectivity index (χ0v) is 18.6. The molecule has 1 rings (SSSR count). The second-order valence-corrected chi connectivity index (χ2v) is 13.5. The van der Waals surface area contributed by atoms with Gasteiger partial charge in [0.15, 0.2) is 11.5 Å². The number of hydrogen-bond donors (Lipinski definition) is 0. The normalized spacial score (nSPS) is 13.0. The van der Waals surface area contributed by atoms with E-state index in [9.17, 15) is 8.78 Å². The number of alkyl halides is 2. The average molecular weight is 439 g/mol. The monoisotopic (exact) mass is 438 g/mol. The first-order valence-electron chi connectivity index (χ1n) is 8.50. The topological polar surface area (TPSA) is 27.7 Å². The van der Waals surface area contributed by atoms with Gasteiger partial charge >= 0.3 is 6.11 Å². The van der Waals surface area contributed by atoms with Gasteiger partial charge in [0.1, 0.15) is 6.61 Å². The molecule has 0 unspecified atom stereocenters. The lowest BCUT2D eigenvalue weighted by molar-refractivity contribution is -0.198. The Morgan fingerprint density at radius 3 is 1.96 bits per heavy atom. The van der Waals surface area contributed by atoms with Gasteiger partial charge in [-0.15, -0.1) is 0 Å². The third-order valence-corrected chi connectivity index (χ3v) is 11.1. The van der Waals surface area contributed by atoms with Crippen LogP contribution in [0, 0.1) is 0 Å². The van der Waals surface area contributed by atoms with Gasteiger partial charge in [-0.3, -0.25) is 0 Å². The van der Waals surface area contributed by atoms with Crippen LogP contribution in [0.1, 0.15) is 41.5 Å². The molecule has 0 saturated carbocycles. The molecule has 0 N–H and O–H groups in total. The molecule has 144 valence electrons. The van der Waals surface area contributed by atoms with Crippen molar-refractivity contribution in [2.75, 3.05) is 13.7 Å². The smallest absolute Gasteiger partial charge is 0.420 e. The molecule has 0 bridgehead atoms. The van der Waals surface area contributed by atoms with Gasteiger partial charge in [0, 0.05) is 4.47 Å². The second-order valence-electron chi connectivity index (χ2n) is 7.14.